The van der Waals surface area contributed by atoms with Crippen molar-refractivity contribution in [1.29, 1.82) is 0 Å². The maximum Gasteiger partial charge on any atom is 0.271 e. The van der Waals surface area contributed by atoms with Crippen molar-refractivity contribution in [3.63, 3.8) is 0 Å². The Bertz CT molecular complexity index is 871. The number of nitrogens with zero attached hydrogens (tertiary/aromatic N) is 2. The monoisotopic (exact) mass is 401 g/mol. The van der Waals surface area contributed by atoms with E-state index in [1.165, 1.54) is 24.4 Å². The molecule has 154 valence electrons. The molecule has 9 nitrogen and oxygen atoms in total. The summed E-state index contributed by atoms with van der Waals surface area (Å²) >= 11 is 0. The summed E-state index contributed by atoms with van der Waals surface area (Å²) in [6, 6.07) is 9.01. The van der Waals surface area contributed by atoms with E-state index in [1.54, 1.807) is 18.2 Å². The van der Waals surface area contributed by atoms with E-state index in [1.807, 2.05) is 20.8 Å². The fourth-order valence-electron chi connectivity index (χ4n) is 2.47. The summed E-state index contributed by atoms with van der Waals surface area (Å²) in [7, 11) is 0. The van der Waals surface area contributed by atoms with Crippen LogP contribution >= 0.6 is 0 Å². The maximum absolute atomic E-state index is 12.5. The van der Waals surface area contributed by atoms with E-state index in [-0.39, 0.29) is 11.3 Å². The SMILES string of the molecule is CCOc1cc(C(=O)NN=Cc2cccc([N+](=O)[O-])c2)cc(OCC)c1OCC. The van der Waals surface area contributed by atoms with Crippen LogP contribution in [-0.2, 0) is 0 Å². The van der Waals surface area contributed by atoms with E-state index in [2.05, 4.69) is 10.5 Å². The highest BCUT2D eigenvalue weighted by molar-refractivity contribution is 5.96. The molecule has 1 N–H and O–H groups in total. The number of non-ortho nitro benzene ring substituents is 1. The molecule has 0 fully saturated rings. The van der Waals surface area contributed by atoms with Crippen LogP contribution in [-0.4, -0.2) is 36.9 Å². The Morgan fingerprint density at radius 1 is 1.07 bits per heavy atom. The van der Waals surface area contributed by atoms with Gasteiger partial charge in [0, 0.05) is 23.3 Å². The molecule has 1 amide bonds. The van der Waals surface area contributed by atoms with Crippen molar-refractivity contribution < 1.29 is 23.9 Å². The summed E-state index contributed by atoms with van der Waals surface area (Å²) in [4.78, 5) is 22.8. The molecular weight excluding hydrogens is 378 g/mol. The standard InChI is InChI=1S/C20H23N3O6/c1-4-27-17-11-15(12-18(28-5-2)19(17)29-6-3)20(24)22-21-13-14-8-7-9-16(10-14)23(25)26/h7-13H,4-6H2,1-3H3,(H,22,24). The molecule has 2 aromatic carbocycles. The third-order valence-electron chi connectivity index (χ3n) is 3.63. The lowest BCUT2D eigenvalue weighted by atomic mass is 10.1. The molecule has 0 aromatic heterocycles. The third kappa shape index (κ3) is 5.93. The summed E-state index contributed by atoms with van der Waals surface area (Å²) in [5, 5.41) is 14.7. The Labute approximate surface area is 168 Å². The van der Waals surface area contributed by atoms with E-state index in [4.69, 9.17) is 14.2 Å². The van der Waals surface area contributed by atoms with Crippen LogP contribution in [0.5, 0.6) is 17.2 Å². The van der Waals surface area contributed by atoms with Crippen molar-refractivity contribution in [2.75, 3.05) is 19.8 Å². The normalized spacial score (nSPS) is 10.6. The van der Waals surface area contributed by atoms with Gasteiger partial charge in [-0.2, -0.15) is 5.10 Å². The fraction of sp³-hybridized carbons (Fsp3) is 0.300. The van der Waals surface area contributed by atoms with Crippen LogP contribution in [0.15, 0.2) is 41.5 Å². The number of rotatable bonds is 10. The van der Waals surface area contributed by atoms with Crippen molar-refractivity contribution in [3.05, 3.63) is 57.6 Å². The smallest absolute Gasteiger partial charge is 0.271 e. The molecule has 0 spiro atoms. The summed E-state index contributed by atoms with van der Waals surface area (Å²) < 4.78 is 16.8. The van der Waals surface area contributed by atoms with E-state index in [9.17, 15) is 14.9 Å². The van der Waals surface area contributed by atoms with Gasteiger partial charge in [-0.1, -0.05) is 12.1 Å². The average molecular weight is 401 g/mol. The third-order valence-corrected chi connectivity index (χ3v) is 3.63. The van der Waals surface area contributed by atoms with Crippen LogP contribution in [0.25, 0.3) is 0 Å². The number of carbonyl (C=O) groups excluding carboxylic acids is 1. The van der Waals surface area contributed by atoms with Crippen molar-refractivity contribution >= 4 is 17.8 Å². The van der Waals surface area contributed by atoms with E-state index < -0.39 is 10.8 Å². The number of nitro benzene ring substituents is 1. The van der Waals surface area contributed by atoms with Crippen LogP contribution in [0.1, 0.15) is 36.7 Å². The van der Waals surface area contributed by atoms with Gasteiger partial charge >= 0.3 is 0 Å². The van der Waals surface area contributed by atoms with Gasteiger partial charge in [-0.3, -0.25) is 14.9 Å². The zero-order chi connectivity index (χ0) is 21.2. The van der Waals surface area contributed by atoms with Crippen molar-refractivity contribution in [2.24, 2.45) is 5.10 Å². The molecule has 0 bridgehead atoms. The van der Waals surface area contributed by atoms with Gasteiger partial charge in [0.25, 0.3) is 11.6 Å². The van der Waals surface area contributed by atoms with Gasteiger partial charge < -0.3 is 14.2 Å². The minimum atomic E-state index is -0.500. The number of amides is 1. The lowest BCUT2D eigenvalue weighted by molar-refractivity contribution is -0.384. The molecule has 0 atom stereocenters. The van der Waals surface area contributed by atoms with Crippen molar-refractivity contribution in [1.82, 2.24) is 5.43 Å². The van der Waals surface area contributed by atoms with Crippen LogP contribution in [0.2, 0.25) is 0 Å². The zero-order valence-electron chi connectivity index (χ0n) is 16.5. The van der Waals surface area contributed by atoms with Gasteiger partial charge in [-0.05, 0) is 32.9 Å². The van der Waals surface area contributed by atoms with Crippen LogP contribution in [0.3, 0.4) is 0 Å². The molecule has 0 heterocycles. The molecule has 0 saturated heterocycles. The predicted octanol–water partition coefficient (Wildman–Crippen LogP) is 3.55. The van der Waals surface area contributed by atoms with Gasteiger partial charge in [0.05, 0.1) is 31.0 Å². The van der Waals surface area contributed by atoms with Crippen molar-refractivity contribution in [2.45, 2.75) is 20.8 Å². The lowest BCUT2D eigenvalue weighted by Gasteiger charge is -2.16. The second-order valence-electron chi connectivity index (χ2n) is 5.65. The fourth-order valence-corrected chi connectivity index (χ4v) is 2.47. The molecule has 9 heteroatoms. The highest BCUT2D eigenvalue weighted by Crippen LogP contribution is 2.39. The largest absolute Gasteiger partial charge is 0.490 e. The van der Waals surface area contributed by atoms with Crippen molar-refractivity contribution in [3.8, 4) is 17.2 Å². The molecular formula is C20H23N3O6. The number of ether oxygens (including phenoxy) is 3. The molecule has 0 aliphatic carbocycles. The predicted molar refractivity (Wildman–Crippen MR) is 108 cm³/mol. The molecule has 0 unspecified atom stereocenters. The highest BCUT2D eigenvalue weighted by Gasteiger charge is 2.18. The quantitative estimate of drug-likeness (QED) is 0.370. The zero-order valence-corrected chi connectivity index (χ0v) is 16.5. The van der Waals surface area contributed by atoms with Crippen LogP contribution in [0, 0.1) is 10.1 Å². The maximum atomic E-state index is 12.5. The number of hydrazone groups is 1. The molecule has 0 aliphatic heterocycles. The van der Waals surface area contributed by atoms with Crippen LogP contribution in [0.4, 0.5) is 5.69 Å². The average Bonchev–Trinajstić information content (AvgIpc) is 2.70. The van der Waals surface area contributed by atoms with Gasteiger partial charge in [0.2, 0.25) is 5.75 Å². The molecule has 0 saturated carbocycles. The van der Waals surface area contributed by atoms with Gasteiger partial charge in [-0.25, -0.2) is 5.43 Å². The van der Waals surface area contributed by atoms with Gasteiger partial charge in [0.15, 0.2) is 11.5 Å². The minimum absolute atomic E-state index is 0.0606. The van der Waals surface area contributed by atoms with Gasteiger partial charge in [0.1, 0.15) is 0 Å². The first kappa shape index (κ1) is 21.7. The first-order chi connectivity index (χ1) is 14.0. The highest BCUT2D eigenvalue weighted by atomic mass is 16.6. The Morgan fingerprint density at radius 2 is 1.69 bits per heavy atom. The Morgan fingerprint density at radius 3 is 2.24 bits per heavy atom. The second-order valence-corrected chi connectivity index (χ2v) is 5.65. The number of benzene rings is 2. The molecule has 2 rings (SSSR count). The molecule has 0 radical (unpaired) electrons. The lowest BCUT2D eigenvalue weighted by Crippen LogP contribution is -2.18. The Balaban J connectivity index is 2.23. The molecule has 29 heavy (non-hydrogen) atoms. The number of nitro groups is 1. The molecule has 0 aliphatic rings. The Kier molecular flexibility index (Phi) is 7.96. The van der Waals surface area contributed by atoms with E-state index in [0.717, 1.165) is 0 Å². The summed E-state index contributed by atoms with van der Waals surface area (Å²) in [5.74, 6) is 0.741. The van der Waals surface area contributed by atoms with E-state index in [0.29, 0.717) is 42.6 Å². The number of hydrogen-bond donors (Lipinski definition) is 1. The molecule has 2 aromatic rings. The minimum Gasteiger partial charge on any atom is -0.490 e. The first-order valence-corrected chi connectivity index (χ1v) is 9.14. The first-order valence-electron chi connectivity index (χ1n) is 9.14. The topological polar surface area (TPSA) is 112 Å². The number of carbonyl (C=O) groups is 1. The van der Waals surface area contributed by atoms with E-state index >= 15 is 0 Å². The number of hydrogen-bond acceptors (Lipinski definition) is 7. The number of nitrogens with one attached hydrogen (secondary N) is 1. The second kappa shape index (κ2) is 10.6. The summed E-state index contributed by atoms with van der Waals surface area (Å²) in [5.41, 5.74) is 3.09. The Hall–Kier alpha value is -3.62. The van der Waals surface area contributed by atoms with Gasteiger partial charge in [-0.15, -0.1) is 0 Å². The summed E-state index contributed by atoms with van der Waals surface area (Å²) in [6.07, 6.45) is 1.33. The van der Waals surface area contributed by atoms with Crippen LogP contribution < -0.4 is 19.6 Å². The summed E-state index contributed by atoms with van der Waals surface area (Å²) in [6.45, 7) is 6.69.